The lowest BCUT2D eigenvalue weighted by molar-refractivity contribution is 0.102. The van der Waals surface area contributed by atoms with Gasteiger partial charge in [-0.3, -0.25) is 4.79 Å². The molecule has 0 fully saturated rings. The first kappa shape index (κ1) is 16.5. The molecule has 1 heterocycles. The number of Topliss-reactive ketones (excluding diaryl/α,β-unsaturated/α-hetero) is 1. The van der Waals surface area contributed by atoms with E-state index in [9.17, 15) is 4.79 Å². The first-order chi connectivity index (χ1) is 11.7. The molecule has 0 N–H and O–H groups in total. The van der Waals surface area contributed by atoms with Crippen LogP contribution in [0.15, 0.2) is 59.6 Å². The third-order valence-electron chi connectivity index (χ3n) is 3.68. The summed E-state index contributed by atoms with van der Waals surface area (Å²) in [7, 11) is 0. The van der Waals surface area contributed by atoms with Crippen molar-refractivity contribution in [3.05, 3.63) is 65.7 Å². The normalized spacial score (nSPS) is 10.8. The third-order valence-corrected chi connectivity index (χ3v) is 4.77. The first-order valence-electron chi connectivity index (χ1n) is 7.92. The average molecular weight is 337 g/mol. The second-order valence-electron chi connectivity index (χ2n) is 5.48. The van der Waals surface area contributed by atoms with Gasteiger partial charge in [0.15, 0.2) is 5.78 Å². The van der Waals surface area contributed by atoms with Gasteiger partial charge in [-0.25, -0.2) is 4.98 Å². The fourth-order valence-corrected chi connectivity index (χ4v) is 3.37. The van der Waals surface area contributed by atoms with E-state index < -0.39 is 0 Å². The number of hydrogen-bond donors (Lipinski definition) is 0. The zero-order valence-electron chi connectivity index (χ0n) is 13.8. The SMILES string of the molecule is CCOc1ccc2nc(SCC(=O)c3ccccc3)c(C)cc2c1. The number of fused-ring (bicyclic) bond motifs is 1. The predicted octanol–water partition coefficient (Wildman–Crippen LogP) is 4.92. The maximum atomic E-state index is 12.2. The van der Waals surface area contributed by atoms with Crippen molar-refractivity contribution in [2.75, 3.05) is 12.4 Å². The van der Waals surface area contributed by atoms with Gasteiger partial charge in [0.2, 0.25) is 0 Å². The Morgan fingerprint density at radius 2 is 1.92 bits per heavy atom. The maximum Gasteiger partial charge on any atom is 0.173 e. The molecule has 3 aromatic rings. The smallest absolute Gasteiger partial charge is 0.173 e. The van der Waals surface area contributed by atoms with Gasteiger partial charge in [0, 0.05) is 10.9 Å². The number of ketones is 1. The Morgan fingerprint density at radius 3 is 2.67 bits per heavy atom. The lowest BCUT2D eigenvalue weighted by Crippen LogP contribution is -2.02. The van der Waals surface area contributed by atoms with Gasteiger partial charge in [-0.2, -0.15) is 0 Å². The van der Waals surface area contributed by atoms with Crippen molar-refractivity contribution in [3.63, 3.8) is 0 Å². The van der Waals surface area contributed by atoms with Crippen molar-refractivity contribution in [2.45, 2.75) is 18.9 Å². The van der Waals surface area contributed by atoms with Crippen LogP contribution in [0.25, 0.3) is 10.9 Å². The molecule has 0 saturated heterocycles. The molecule has 0 amide bonds. The first-order valence-corrected chi connectivity index (χ1v) is 8.91. The molecule has 24 heavy (non-hydrogen) atoms. The van der Waals surface area contributed by atoms with Gasteiger partial charge < -0.3 is 4.74 Å². The van der Waals surface area contributed by atoms with Crippen LogP contribution in [-0.4, -0.2) is 23.1 Å². The molecule has 1 aromatic heterocycles. The summed E-state index contributed by atoms with van der Waals surface area (Å²) in [4.78, 5) is 16.9. The van der Waals surface area contributed by atoms with Gasteiger partial charge in [-0.15, -0.1) is 0 Å². The van der Waals surface area contributed by atoms with Crippen LogP contribution in [0, 0.1) is 6.92 Å². The van der Waals surface area contributed by atoms with Gasteiger partial charge in [0.25, 0.3) is 0 Å². The number of nitrogens with zero attached hydrogens (tertiary/aromatic N) is 1. The molecule has 0 saturated carbocycles. The molecule has 0 aliphatic carbocycles. The van der Waals surface area contributed by atoms with E-state index in [1.165, 1.54) is 11.8 Å². The van der Waals surface area contributed by atoms with Gasteiger partial charge in [-0.05, 0) is 43.7 Å². The Morgan fingerprint density at radius 1 is 1.12 bits per heavy atom. The van der Waals surface area contributed by atoms with E-state index in [4.69, 9.17) is 9.72 Å². The fourth-order valence-electron chi connectivity index (χ4n) is 2.49. The molecular weight excluding hydrogens is 318 g/mol. The van der Waals surface area contributed by atoms with Crippen molar-refractivity contribution >= 4 is 28.4 Å². The summed E-state index contributed by atoms with van der Waals surface area (Å²) >= 11 is 1.49. The zero-order valence-corrected chi connectivity index (χ0v) is 14.6. The summed E-state index contributed by atoms with van der Waals surface area (Å²) in [6.07, 6.45) is 0. The summed E-state index contributed by atoms with van der Waals surface area (Å²) in [5, 5.41) is 1.95. The van der Waals surface area contributed by atoms with Crippen molar-refractivity contribution in [2.24, 2.45) is 0 Å². The minimum absolute atomic E-state index is 0.119. The number of thioether (sulfide) groups is 1. The molecule has 0 unspecified atom stereocenters. The van der Waals surface area contributed by atoms with Crippen LogP contribution in [0.4, 0.5) is 0 Å². The van der Waals surface area contributed by atoms with Gasteiger partial charge in [0.05, 0.1) is 17.9 Å². The molecule has 2 aromatic carbocycles. The highest BCUT2D eigenvalue weighted by atomic mass is 32.2. The quantitative estimate of drug-likeness (QED) is 0.473. The molecule has 0 aliphatic heterocycles. The van der Waals surface area contributed by atoms with E-state index in [0.717, 1.165) is 32.8 Å². The number of ether oxygens (including phenoxy) is 1. The summed E-state index contributed by atoms with van der Waals surface area (Å²) in [6, 6.07) is 17.4. The van der Waals surface area contributed by atoms with Crippen LogP contribution in [-0.2, 0) is 0 Å². The topological polar surface area (TPSA) is 39.2 Å². The molecular formula is C20H19NO2S. The van der Waals surface area contributed by atoms with Crippen molar-refractivity contribution in [1.29, 1.82) is 0 Å². The second kappa shape index (κ2) is 7.49. The van der Waals surface area contributed by atoms with E-state index in [0.29, 0.717) is 12.4 Å². The van der Waals surface area contributed by atoms with Crippen LogP contribution in [0.5, 0.6) is 5.75 Å². The number of rotatable bonds is 6. The van der Waals surface area contributed by atoms with Gasteiger partial charge in [-0.1, -0.05) is 42.1 Å². The molecule has 122 valence electrons. The summed E-state index contributed by atoms with van der Waals surface area (Å²) in [5.41, 5.74) is 2.73. The highest BCUT2D eigenvalue weighted by Gasteiger charge is 2.10. The Labute approximate surface area is 146 Å². The van der Waals surface area contributed by atoms with Crippen LogP contribution in [0.1, 0.15) is 22.8 Å². The van der Waals surface area contributed by atoms with Crippen LogP contribution < -0.4 is 4.74 Å². The molecule has 0 bridgehead atoms. The fraction of sp³-hybridized carbons (Fsp3) is 0.200. The summed E-state index contributed by atoms with van der Waals surface area (Å²) in [6.45, 7) is 4.64. The maximum absolute atomic E-state index is 12.2. The van der Waals surface area contributed by atoms with E-state index in [-0.39, 0.29) is 5.78 Å². The van der Waals surface area contributed by atoms with Crippen LogP contribution in [0.3, 0.4) is 0 Å². The summed E-state index contributed by atoms with van der Waals surface area (Å²) in [5.74, 6) is 1.36. The molecule has 0 atom stereocenters. The monoisotopic (exact) mass is 337 g/mol. The number of aromatic nitrogens is 1. The lowest BCUT2D eigenvalue weighted by atomic mass is 10.1. The van der Waals surface area contributed by atoms with Crippen LogP contribution >= 0.6 is 11.8 Å². The van der Waals surface area contributed by atoms with Crippen molar-refractivity contribution < 1.29 is 9.53 Å². The van der Waals surface area contributed by atoms with Crippen molar-refractivity contribution in [1.82, 2.24) is 4.98 Å². The number of aryl methyl sites for hydroxylation is 1. The van der Waals surface area contributed by atoms with Crippen molar-refractivity contribution in [3.8, 4) is 5.75 Å². The number of hydrogen-bond acceptors (Lipinski definition) is 4. The Hall–Kier alpha value is -2.33. The van der Waals surface area contributed by atoms with Gasteiger partial charge in [0.1, 0.15) is 10.8 Å². The molecule has 0 spiro atoms. The van der Waals surface area contributed by atoms with E-state index in [2.05, 4.69) is 6.07 Å². The third kappa shape index (κ3) is 3.77. The highest BCUT2D eigenvalue weighted by molar-refractivity contribution is 8.00. The van der Waals surface area contributed by atoms with Gasteiger partial charge >= 0.3 is 0 Å². The predicted molar refractivity (Wildman–Crippen MR) is 99.1 cm³/mol. The van der Waals surface area contributed by atoms with E-state index in [1.807, 2.05) is 62.4 Å². The standard InChI is InChI=1S/C20H19NO2S/c1-3-23-17-9-10-18-16(12-17)11-14(2)20(21-18)24-13-19(22)15-7-5-4-6-8-15/h4-12H,3,13H2,1-2H3. The minimum Gasteiger partial charge on any atom is -0.494 e. The number of carbonyl (C=O) groups is 1. The number of carbonyl (C=O) groups excluding carboxylic acids is 1. The Balaban J connectivity index is 1.78. The zero-order chi connectivity index (χ0) is 16.9. The molecule has 0 aliphatic rings. The lowest BCUT2D eigenvalue weighted by Gasteiger charge is -2.09. The second-order valence-corrected chi connectivity index (χ2v) is 6.44. The number of benzene rings is 2. The Kier molecular flexibility index (Phi) is 5.16. The average Bonchev–Trinajstić information content (AvgIpc) is 2.60. The summed E-state index contributed by atoms with van der Waals surface area (Å²) < 4.78 is 5.53. The molecule has 0 radical (unpaired) electrons. The largest absolute Gasteiger partial charge is 0.494 e. The van der Waals surface area contributed by atoms with E-state index in [1.54, 1.807) is 0 Å². The highest BCUT2D eigenvalue weighted by Crippen LogP contribution is 2.27. The number of pyridine rings is 1. The minimum atomic E-state index is 0.119. The molecule has 4 heteroatoms. The van der Waals surface area contributed by atoms with E-state index >= 15 is 0 Å². The molecule has 3 nitrogen and oxygen atoms in total. The molecule has 3 rings (SSSR count). The Bertz CT molecular complexity index is 862. The van der Waals surface area contributed by atoms with Crippen LogP contribution in [0.2, 0.25) is 0 Å².